The average molecular weight is 314 g/mol. The minimum Gasteiger partial charge on any atom is -0.479 e. The van der Waals surface area contributed by atoms with Gasteiger partial charge in [0.1, 0.15) is 0 Å². The molecule has 1 aromatic heterocycles. The number of rotatable bonds is 5. The number of benzene rings is 1. The molecule has 122 valence electrons. The van der Waals surface area contributed by atoms with Crippen molar-refractivity contribution in [1.29, 1.82) is 0 Å². The van der Waals surface area contributed by atoms with Crippen LogP contribution in [-0.2, 0) is 4.79 Å². The van der Waals surface area contributed by atoms with Gasteiger partial charge in [-0.15, -0.1) is 0 Å². The Morgan fingerprint density at radius 3 is 2.22 bits per heavy atom. The normalized spacial score (nSPS) is 12.2. The van der Waals surface area contributed by atoms with E-state index in [0.29, 0.717) is 11.1 Å². The molecule has 1 atom stereocenters. The van der Waals surface area contributed by atoms with E-state index in [4.69, 9.17) is 0 Å². The molecule has 1 aromatic carbocycles. The van der Waals surface area contributed by atoms with Crippen LogP contribution >= 0.6 is 0 Å². The van der Waals surface area contributed by atoms with Crippen LogP contribution in [0.3, 0.4) is 0 Å². The number of hydrogen-bond donors (Lipinski definition) is 2. The summed E-state index contributed by atoms with van der Waals surface area (Å²) in [5, 5.41) is 12.0. The van der Waals surface area contributed by atoms with E-state index >= 15 is 0 Å². The fourth-order valence-corrected chi connectivity index (χ4v) is 2.94. The molecule has 23 heavy (non-hydrogen) atoms. The van der Waals surface area contributed by atoms with E-state index in [1.54, 1.807) is 36.4 Å². The number of nitrogens with one attached hydrogen (secondary N) is 1. The molecule has 0 aliphatic carbocycles. The lowest BCUT2D eigenvalue weighted by atomic mass is 10.1. The first kappa shape index (κ1) is 16.8. The molecular weight excluding hydrogens is 292 g/mol. The van der Waals surface area contributed by atoms with Crippen molar-refractivity contribution < 1.29 is 14.7 Å². The zero-order valence-electron chi connectivity index (χ0n) is 13.8. The summed E-state index contributed by atoms with van der Waals surface area (Å²) < 4.78 is 2.06. The van der Waals surface area contributed by atoms with Crippen molar-refractivity contribution in [3.05, 3.63) is 58.9 Å². The third-order valence-corrected chi connectivity index (χ3v) is 3.90. The van der Waals surface area contributed by atoms with Gasteiger partial charge >= 0.3 is 5.97 Å². The summed E-state index contributed by atoms with van der Waals surface area (Å²) in [6.45, 7) is 7.91. The molecule has 0 saturated carbocycles. The Morgan fingerprint density at radius 1 is 1.13 bits per heavy atom. The van der Waals surface area contributed by atoms with Gasteiger partial charge in [0.05, 0.1) is 5.56 Å². The Kier molecular flexibility index (Phi) is 4.89. The summed E-state index contributed by atoms with van der Waals surface area (Å²) in [5.41, 5.74) is 2.88. The minimum atomic E-state index is -1.08. The molecule has 5 heteroatoms. The summed E-state index contributed by atoms with van der Waals surface area (Å²) >= 11 is 0. The Balaban J connectivity index is 2.30. The lowest BCUT2D eigenvalue weighted by Crippen LogP contribution is -2.34. The van der Waals surface area contributed by atoms with Crippen LogP contribution < -0.4 is 5.32 Å². The Hall–Kier alpha value is -2.56. The fourth-order valence-electron chi connectivity index (χ4n) is 2.94. The predicted molar refractivity (Wildman–Crippen MR) is 88.6 cm³/mol. The summed E-state index contributed by atoms with van der Waals surface area (Å²) in [6, 6.07) is 9.67. The summed E-state index contributed by atoms with van der Waals surface area (Å²) in [4.78, 5) is 24.1. The molecule has 0 radical (unpaired) electrons. The Morgan fingerprint density at radius 2 is 1.74 bits per heavy atom. The second kappa shape index (κ2) is 6.69. The molecule has 1 heterocycles. The van der Waals surface area contributed by atoms with Gasteiger partial charge in [0, 0.05) is 17.4 Å². The van der Waals surface area contributed by atoms with Gasteiger partial charge < -0.3 is 15.0 Å². The highest BCUT2D eigenvalue weighted by molar-refractivity contribution is 5.98. The van der Waals surface area contributed by atoms with Gasteiger partial charge in [0.25, 0.3) is 5.91 Å². The van der Waals surface area contributed by atoms with Gasteiger partial charge in [-0.05, 0) is 39.3 Å². The predicted octanol–water partition coefficient (Wildman–Crippen LogP) is 3.24. The van der Waals surface area contributed by atoms with Crippen molar-refractivity contribution in [2.75, 3.05) is 0 Å². The topological polar surface area (TPSA) is 71.3 Å². The van der Waals surface area contributed by atoms with E-state index in [2.05, 4.69) is 9.88 Å². The molecule has 0 bridgehead atoms. The van der Waals surface area contributed by atoms with Gasteiger partial charge in [-0.2, -0.15) is 0 Å². The molecule has 2 rings (SSSR count). The first-order chi connectivity index (χ1) is 10.8. The van der Waals surface area contributed by atoms with E-state index < -0.39 is 12.0 Å². The maximum atomic E-state index is 12.6. The van der Waals surface area contributed by atoms with Crippen molar-refractivity contribution >= 4 is 11.9 Å². The SMILES string of the molecule is Cc1cc(C(=O)N[C@H](C(=O)O)c2ccccc2)c(C)n1C(C)C. The van der Waals surface area contributed by atoms with Gasteiger partial charge in [-0.1, -0.05) is 30.3 Å². The Labute approximate surface area is 135 Å². The quantitative estimate of drug-likeness (QED) is 0.890. The van der Waals surface area contributed by atoms with Crippen molar-refractivity contribution in [2.24, 2.45) is 0 Å². The van der Waals surface area contributed by atoms with Crippen molar-refractivity contribution in [3.8, 4) is 0 Å². The van der Waals surface area contributed by atoms with Crippen LogP contribution in [0.2, 0.25) is 0 Å². The number of aromatic nitrogens is 1. The highest BCUT2D eigenvalue weighted by Gasteiger charge is 2.25. The molecule has 0 fully saturated rings. The second-order valence-electron chi connectivity index (χ2n) is 5.90. The number of amides is 1. The number of carboxylic acids is 1. The standard InChI is InChI=1S/C18H22N2O3/c1-11(2)20-12(3)10-15(13(20)4)17(21)19-16(18(22)23)14-8-6-5-7-9-14/h5-11,16H,1-4H3,(H,19,21)(H,22,23)/t16-/m0/s1. The van der Waals surface area contributed by atoms with Crippen LogP contribution in [0.1, 0.15) is 53.2 Å². The number of carbonyl (C=O) groups excluding carboxylic acids is 1. The monoisotopic (exact) mass is 314 g/mol. The van der Waals surface area contributed by atoms with E-state index in [1.165, 1.54) is 0 Å². The van der Waals surface area contributed by atoms with E-state index in [-0.39, 0.29) is 11.9 Å². The number of nitrogens with zero attached hydrogens (tertiary/aromatic N) is 1. The van der Waals surface area contributed by atoms with Crippen molar-refractivity contribution in [3.63, 3.8) is 0 Å². The van der Waals surface area contributed by atoms with Crippen LogP contribution in [0.5, 0.6) is 0 Å². The maximum Gasteiger partial charge on any atom is 0.330 e. The zero-order valence-corrected chi connectivity index (χ0v) is 13.8. The smallest absolute Gasteiger partial charge is 0.330 e. The van der Waals surface area contributed by atoms with Crippen LogP contribution in [0.25, 0.3) is 0 Å². The molecule has 1 amide bonds. The first-order valence-corrected chi connectivity index (χ1v) is 7.60. The van der Waals surface area contributed by atoms with Crippen LogP contribution in [0.15, 0.2) is 36.4 Å². The van der Waals surface area contributed by atoms with E-state index in [9.17, 15) is 14.7 Å². The lowest BCUT2D eigenvalue weighted by molar-refractivity contribution is -0.139. The largest absolute Gasteiger partial charge is 0.479 e. The molecule has 0 spiro atoms. The molecule has 0 aliphatic heterocycles. The maximum absolute atomic E-state index is 12.6. The number of carbonyl (C=O) groups is 2. The van der Waals surface area contributed by atoms with Crippen molar-refractivity contribution in [1.82, 2.24) is 9.88 Å². The van der Waals surface area contributed by atoms with Crippen LogP contribution in [-0.4, -0.2) is 21.6 Å². The Bertz CT molecular complexity index is 717. The summed E-state index contributed by atoms with van der Waals surface area (Å²) in [5.74, 6) is -1.46. The number of carboxylic acid groups (broad SMARTS) is 1. The molecule has 2 N–H and O–H groups in total. The summed E-state index contributed by atoms with van der Waals surface area (Å²) in [7, 11) is 0. The number of hydrogen-bond acceptors (Lipinski definition) is 2. The third kappa shape index (κ3) is 3.44. The molecule has 0 saturated heterocycles. The molecule has 0 aliphatic rings. The van der Waals surface area contributed by atoms with Crippen LogP contribution in [0.4, 0.5) is 0 Å². The molecular formula is C18H22N2O3. The van der Waals surface area contributed by atoms with Gasteiger partial charge in [0.2, 0.25) is 0 Å². The zero-order chi connectivity index (χ0) is 17.1. The number of aliphatic carboxylic acids is 1. The first-order valence-electron chi connectivity index (χ1n) is 7.60. The third-order valence-electron chi connectivity index (χ3n) is 3.90. The van der Waals surface area contributed by atoms with E-state index in [0.717, 1.165) is 11.4 Å². The second-order valence-corrected chi connectivity index (χ2v) is 5.90. The average Bonchev–Trinajstić information content (AvgIpc) is 2.80. The van der Waals surface area contributed by atoms with Gasteiger partial charge in [0.15, 0.2) is 6.04 Å². The minimum absolute atomic E-state index is 0.237. The fraction of sp³-hybridized carbons (Fsp3) is 0.333. The van der Waals surface area contributed by atoms with Gasteiger partial charge in [-0.3, -0.25) is 4.79 Å². The van der Waals surface area contributed by atoms with Gasteiger partial charge in [-0.25, -0.2) is 4.79 Å². The molecule has 5 nitrogen and oxygen atoms in total. The van der Waals surface area contributed by atoms with Crippen LogP contribution in [0, 0.1) is 13.8 Å². The molecule has 0 unspecified atom stereocenters. The summed E-state index contributed by atoms with van der Waals surface area (Å²) in [6.07, 6.45) is 0. The molecule has 2 aromatic rings. The van der Waals surface area contributed by atoms with E-state index in [1.807, 2.05) is 27.7 Å². The highest BCUT2D eigenvalue weighted by Crippen LogP contribution is 2.21. The number of aryl methyl sites for hydroxylation is 1. The highest BCUT2D eigenvalue weighted by atomic mass is 16.4. The lowest BCUT2D eigenvalue weighted by Gasteiger charge is -2.16. The van der Waals surface area contributed by atoms with Crippen molar-refractivity contribution in [2.45, 2.75) is 39.8 Å².